The molecule has 0 radical (unpaired) electrons. The van der Waals surface area contributed by atoms with E-state index in [0.29, 0.717) is 0 Å². The van der Waals surface area contributed by atoms with Crippen LogP contribution in [0.4, 0.5) is 5.69 Å². The van der Waals surface area contributed by atoms with Crippen LogP contribution in [0.5, 0.6) is 0 Å². The van der Waals surface area contributed by atoms with E-state index in [9.17, 15) is 8.42 Å². The molecule has 1 fully saturated rings. The number of anilines is 1. The number of nitrogen functional groups attached to an aromatic ring is 1. The first-order valence-corrected chi connectivity index (χ1v) is 7.28. The Morgan fingerprint density at radius 2 is 2.06 bits per heavy atom. The Kier molecular flexibility index (Phi) is 3.34. The molecule has 0 amide bonds. The number of sulfonamides is 1. The van der Waals surface area contributed by atoms with E-state index in [0.717, 1.165) is 19.3 Å². The van der Waals surface area contributed by atoms with Gasteiger partial charge in [0.05, 0.1) is 10.7 Å². The molecule has 0 heterocycles. The fourth-order valence-corrected chi connectivity index (χ4v) is 3.93. The molecular weight excluding hydrogens is 260 g/mol. The Hall–Kier alpha value is -0.780. The van der Waals surface area contributed by atoms with Crippen molar-refractivity contribution in [2.24, 2.45) is 0 Å². The van der Waals surface area contributed by atoms with E-state index in [1.165, 1.54) is 4.31 Å². The average molecular weight is 275 g/mol. The van der Waals surface area contributed by atoms with Crippen molar-refractivity contribution < 1.29 is 8.42 Å². The molecule has 1 aliphatic rings. The summed E-state index contributed by atoms with van der Waals surface area (Å²) in [7, 11) is -2.00. The summed E-state index contributed by atoms with van der Waals surface area (Å²) in [5.74, 6) is 0. The number of rotatable bonds is 3. The normalized spacial score (nSPS) is 17.1. The summed E-state index contributed by atoms with van der Waals surface area (Å²) in [5.41, 5.74) is 5.91. The van der Waals surface area contributed by atoms with E-state index >= 15 is 0 Å². The minimum absolute atomic E-state index is 0.0241. The van der Waals surface area contributed by atoms with Crippen molar-refractivity contribution in [2.45, 2.75) is 30.2 Å². The van der Waals surface area contributed by atoms with Gasteiger partial charge in [0, 0.05) is 13.1 Å². The van der Waals surface area contributed by atoms with Gasteiger partial charge in [0.2, 0.25) is 10.0 Å². The van der Waals surface area contributed by atoms with E-state index in [1.807, 2.05) is 0 Å². The highest BCUT2D eigenvalue weighted by atomic mass is 35.5. The Morgan fingerprint density at radius 1 is 1.41 bits per heavy atom. The molecule has 1 aromatic carbocycles. The topological polar surface area (TPSA) is 63.4 Å². The zero-order valence-corrected chi connectivity index (χ0v) is 11.1. The fraction of sp³-hybridized carbons (Fsp3) is 0.455. The van der Waals surface area contributed by atoms with Crippen molar-refractivity contribution in [2.75, 3.05) is 12.8 Å². The van der Waals surface area contributed by atoms with Gasteiger partial charge in [-0.2, -0.15) is 4.31 Å². The van der Waals surface area contributed by atoms with Gasteiger partial charge in [0.15, 0.2) is 0 Å². The van der Waals surface area contributed by atoms with Crippen molar-refractivity contribution >= 4 is 27.3 Å². The second-order valence-corrected chi connectivity index (χ2v) is 6.61. The van der Waals surface area contributed by atoms with E-state index < -0.39 is 10.0 Å². The smallest absolute Gasteiger partial charge is 0.246 e. The monoisotopic (exact) mass is 274 g/mol. The molecular formula is C11H15ClN2O2S. The van der Waals surface area contributed by atoms with Gasteiger partial charge >= 0.3 is 0 Å². The molecule has 0 aliphatic heterocycles. The third kappa shape index (κ3) is 2.14. The number of benzene rings is 1. The maximum absolute atomic E-state index is 12.4. The molecule has 1 saturated carbocycles. The summed E-state index contributed by atoms with van der Waals surface area (Å²) in [5, 5.41) is 0.177. The van der Waals surface area contributed by atoms with Gasteiger partial charge in [-0.05, 0) is 25.0 Å². The first-order valence-electron chi connectivity index (χ1n) is 5.46. The fourth-order valence-electron chi connectivity index (χ4n) is 1.89. The lowest BCUT2D eigenvalue weighted by molar-refractivity contribution is 0.250. The lowest BCUT2D eigenvalue weighted by Gasteiger charge is -2.34. The van der Waals surface area contributed by atoms with Crippen LogP contribution in [0.1, 0.15) is 19.3 Å². The largest absolute Gasteiger partial charge is 0.398 e. The highest BCUT2D eigenvalue weighted by molar-refractivity contribution is 7.89. The number of hydrogen-bond donors (Lipinski definition) is 1. The predicted molar refractivity (Wildman–Crippen MR) is 68.5 cm³/mol. The summed E-state index contributed by atoms with van der Waals surface area (Å²) < 4.78 is 26.1. The van der Waals surface area contributed by atoms with Crippen LogP contribution >= 0.6 is 11.6 Å². The van der Waals surface area contributed by atoms with Crippen molar-refractivity contribution in [3.63, 3.8) is 0 Å². The summed E-state index contributed by atoms with van der Waals surface area (Å²) in [6.07, 6.45) is 2.88. The van der Waals surface area contributed by atoms with Gasteiger partial charge in [-0.25, -0.2) is 8.42 Å². The van der Waals surface area contributed by atoms with Crippen LogP contribution < -0.4 is 5.73 Å². The molecule has 1 aromatic rings. The lowest BCUT2D eigenvalue weighted by atomic mass is 9.94. The molecule has 2 N–H and O–H groups in total. The molecule has 0 atom stereocenters. The first kappa shape index (κ1) is 12.7. The summed E-state index contributed by atoms with van der Waals surface area (Å²) >= 11 is 5.94. The first-order chi connectivity index (χ1) is 7.94. The van der Waals surface area contributed by atoms with Crippen molar-refractivity contribution in [1.82, 2.24) is 4.31 Å². The minimum atomic E-state index is -3.58. The van der Waals surface area contributed by atoms with Crippen molar-refractivity contribution in [3.05, 3.63) is 23.2 Å². The standard InChI is InChI=1S/C11H15ClN2O2S/c1-14(8-4-2-5-8)17(15,16)11-9(12)6-3-7-10(11)13/h3,6-8H,2,4-5,13H2,1H3. The van der Waals surface area contributed by atoms with Gasteiger partial charge in [0.1, 0.15) is 4.90 Å². The minimum Gasteiger partial charge on any atom is -0.398 e. The Morgan fingerprint density at radius 3 is 2.53 bits per heavy atom. The second-order valence-electron chi connectivity index (χ2n) is 4.26. The third-order valence-electron chi connectivity index (χ3n) is 3.22. The van der Waals surface area contributed by atoms with Crippen molar-refractivity contribution in [1.29, 1.82) is 0 Å². The number of halogens is 1. The van der Waals surface area contributed by atoms with E-state index in [1.54, 1.807) is 25.2 Å². The Labute approximate surface area is 106 Å². The highest BCUT2D eigenvalue weighted by Crippen LogP contribution is 2.33. The Balaban J connectivity index is 2.44. The van der Waals surface area contributed by atoms with Crippen LogP contribution in [0.3, 0.4) is 0 Å². The highest BCUT2D eigenvalue weighted by Gasteiger charge is 2.34. The maximum atomic E-state index is 12.4. The molecule has 94 valence electrons. The zero-order valence-electron chi connectivity index (χ0n) is 9.56. The molecule has 0 bridgehead atoms. The molecule has 1 aliphatic carbocycles. The van der Waals surface area contributed by atoms with E-state index in [2.05, 4.69) is 0 Å². The number of nitrogens with two attached hydrogens (primary N) is 1. The van der Waals surface area contributed by atoms with E-state index in [-0.39, 0.29) is 21.6 Å². The van der Waals surface area contributed by atoms with Crippen LogP contribution in [0.25, 0.3) is 0 Å². The lowest BCUT2D eigenvalue weighted by Crippen LogP contribution is -2.41. The van der Waals surface area contributed by atoms with Gasteiger partial charge in [-0.15, -0.1) is 0 Å². The van der Waals surface area contributed by atoms with Crippen LogP contribution in [0.15, 0.2) is 23.1 Å². The molecule has 17 heavy (non-hydrogen) atoms. The van der Waals surface area contributed by atoms with Crippen LogP contribution in [-0.2, 0) is 10.0 Å². The molecule has 0 unspecified atom stereocenters. The zero-order chi connectivity index (χ0) is 12.6. The maximum Gasteiger partial charge on any atom is 0.246 e. The quantitative estimate of drug-likeness (QED) is 0.859. The second kappa shape index (κ2) is 4.48. The summed E-state index contributed by atoms with van der Waals surface area (Å²) in [6, 6.07) is 4.81. The van der Waals surface area contributed by atoms with Crippen LogP contribution in [-0.4, -0.2) is 25.8 Å². The molecule has 2 rings (SSSR count). The SMILES string of the molecule is CN(C1CCC1)S(=O)(=O)c1c(N)cccc1Cl. The predicted octanol–water partition coefficient (Wildman–Crippen LogP) is 2.10. The van der Waals surface area contributed by atoms with Crippen molar-refractivity contribution in [3.8, 4) is 0 Å². The third-order valence-corrected chi connectivity index (χ3v) is 5.68. The Bertz CT molecular complexity index is 506. The van der Waals surface area contributed by atoms with Gasteiger partial charge in [-0.3, -0.25) is 0 Å². The summed E-state index contributed by atoms with van der Waals surface area (Å²) in [4.78, 5) is 0.0241. The number of nitrogens with zero attached hydrogens (tertiary/aromatic N) is 1. The van der Waals surface area contributed by atoms with Crippen LogP contribution in [0.2, 0.25) is 5.02 Å². The van der Waals surface area contributed by atoms with Gasteiger partial charge < -0.3 is 5.73 Å². The average Bonchev–Trinajstić information content (AvgIpc) is 2.13. The molecule has 6 heteroatoms. The van der Waals surface area contributed by atoms with E-state index in [4.69, 9.17) is 17.3 Å². The number of hydrogen-bond acceptors (Lipinski definition) is 3. The van der Waals surface area contributed by atoms with Gasteiger partial charge in [-0.1, -0.05) is 24.1 Å². The molecule has 0 saturated heterocycles. The van der Waals surface area contributed by atoms with Gasteiger partial charge in [0.25, 0.3) is 0 Å². The molecule has 0 spiro atoms. The van der Waals surface area contributed by atoms with Crippen LogP contribution in [0, 0.1) is 0 Å². The molecule has 4 nitrogen and oxygen atoms in total. The summed E-state index contributed by atoms with van der Waals surface area (Å²) in [6.45, 7) is 0. The molecule has 0 aromatic heterocycles.